The predicted molar refractivity (Wildman–Crippen MR) is 93.4 cm³/mol. The highest BCUT2D eigenvalue weighted by atomic mass is 19.4. The van der Waals surface area contributed by atoms with Crippen molar-refractivity contribution in [2.45, 2.75) is 25.7 Å². The molecule has 1 N–H and O–H groups in total. The summed E-state index contributed by atoms with van der Waals surface area (Å²) in [5, 5.41) is 2.93. The largest absolute Gasteiger partial charge is 0.433 e. The van der Waals surface area contributed by atoms with Crippen LogP contribution >= 0.6 is 0 Å². The number of hydrogen-bond acceptors (Lipinski definition) is 3. The summed E-state index contributed by atoms with van der Waals surface area (Å²) in [5.74, 6) is -0.0566. The SMILES string of the molecule is O=c1c2c([nH]n1-c1cccc(C(F)(F)F)n1)CCN(Cc1ccccc1)C2. The molecule has 0 spiro atoms. The van der Waals surface area contributed by atoms with Crippen molar-refractivity contribution in [2.24, 2.45) is 0 Å². The summed E-state index contributed by atoms with van der Waals surface area (Å²) in [6.45, 7) is 1.93. The molecule has 0 atom stereocenters. The van der Waals surface area contributed by atoms with Crippen LogP contribution in [0.25, 0.3) is 5.82 Å². The molecule has 0 saturated heterocycles. The zero-order valence-electron chi connectivity index (χ0n) is 14.3. The van der Waals surface area contributed by atoms with E-state index in [1.807, 2.05) is 30.3 Å². The van der Waals surface area contributed by atoms with Gasteiger partial charge in [0.05, 0.1) is 5.56 Å². The summed E-state index contributed by atoms with van der Waals surface area (Å²) >= 11 is 0. The van der Waals surface area contributed by atoms with E-state index in [9.17, 15) is 18.0 Å². The second-order valence-corrected chi connectivity index (χ2v) is 6.53. The van der Waals surface area contributed by atoms with Gasteiger partial charge >= 0.3 is 6.18 Å². The predicted octanol–water partition coefficient (Wildman–Crippen LogP) is 3.14. The van der Waals surface area contributed by atoms with E-state index in [2.05, 4.69) is 15.0 Å². The van der Waals surface area contributed by atoms with Gasteiger partial charge in [0.1, 0.15) is 5.69 Å². The molecule has 2 aromatic heterocycles. The van der Waals surface area contributed by atoms with Crippen LogP contribution < -0.4 is 5.56 Å². The molecule has 27 heavy (non-hydrogen) atoms. The van der Waals surface area contributed by atoms with Crippen LogP contribution in [0.4, 0.5) is 13.2 Å². The Labute approximate surface area is 153 Å². The van der Waals surface area contributed by atoms with Crippen LogP contribution in [-0.4, -0.2) is 26.2 Å². The average molecular weight is 374 g/mol. The number of H-pyrrole nitrogens is 1. The second kappa shape index (κ2) is 6.70. The third kappa shape index (κ3) is 3.52. The minimum Gasteiger partial charge on any atom is -0.294 e. The first-order valence-electron chi connectivity index (χ1n) is 8.55. The van der Waals surface area contributed by atoms with Crippen LogP contribution in [0.3, 0.4) is 0 Å². The molecule has 1 aliphatic rings. The van der Waals surface area contributed by atoms with Crippen molar-refractivity contribution in [1.82, 2.24) is 19.7 Å². The van der Waals surface area contributed by atoms with Crippen molar-refractivity contribution in [3.05, 3.63) is 81.4 Å². The lowest BCUT2D eigenvalue weighted by molar-refractivity contribution is -0.141. The van der Waals surface area contributed by atoms with Gasteiger partial charge in [0, 0.05) is 31.7 Å². The van der Waals surface area contributed by atoms with Crippen molar-refractivity contribution < 1.29 is 13.2 Å². The van der Waals surface area contributed by atoms with Gasteiger partial charge in [-0.15, -0.1) is 0 Å². The standard InChI is InChI=1S/C19H17F3N4O/c20-19(21,22)16-7-4-8-17(23-16)26-18(27)14-12-25(10-9-15(14)24-26)11-13-5-2-1-3-6-13/h1-8,24H,9-12H2. The molecule has 0 unspecified atom stereocenters. The van der Waals surface area contributed by atoms with Gasteiger partial charge in [0.25, 0.3) is 5.56 Å². The number of hydrogen-bond donors (Lipinski definition) is 1. The number of alkyl halides is 3. The smallest absolute Gasteiger partial charge is 0.294 e. The summed E-state index contributed by atoms with van der Waals surface area (Å²) in [4.78, 5) is 18.5. The summed E-state index contributed by atoms with van der Waals surface area (Å²) in [5.41, 5.74) is 1.11. The fourth-order valence-electron chi connectivity index (χ4n) is 3.30. The normalized spacial score (nSPS) is 14.9. The van der Waals surface area contributed by atoms with Crippen molar-refractivity contribution >= 4 is 0 Å². The molecule has 3 aromatic rings. The third-order valence-electron chi connectivity index (χ3n) is 4.63. The van der Waals surface area contributed by atoms with E-state index in [1.165, 1.54) is 12.1 Å². The number of pyridine rings is 1. The molecule has 1 aliphatic heterocycles. The lowest BCUT2D eigenvalue weighted by Gasteiger charge is -2.25. The summed E-state index contributed by atoms with van der Waals surface area (Å²) in [7, 11) is 0. The maximum atomic E-state index is 12.9. The number of nitrogens with zero attached hydrogens (tertiary/aromatic N) is 3. The van der Waals surface area contributed by atoms with E-state index in [0.29, 0.717) is 25.1 Å². The van der Waals surface area contributed by atoms with E-state index in [0.717, 1.165) is 28.6 Å². The Bertz CT molecular complexity index is 1010. The van der Waals surface area contributed by atoms with Gasteiger partial charge in [-0.05, 0) is 17.7 Å². The maximum Gasteiger partial charge on any atom is 0.433 e. The highest BCUT2D eigenvalue weighted by Gasteiger charge is 2.33. The van der Waals surface area contributed by atoms with E-state index >= 15 is 0 Å². The highest BCUT2D eigenvalue weighted by molar-refractivity contribution is 5.30. The van der Waals surface area contributed by atoms with Gasteiger partial charge in [-0.1, -0.05) is 36.4 Å². The lowest BCUT2D eigenvalue weighted by atomic mass is 10.1. The fourth-order valence-corrected chi connectivity index (χ4v) is 3.30. The van der Waals surface area contributed by atoms with Crippen molar-refractivity contribution in [3.8, 4) is 5.82 Å². The number of rotatable bonds is 3. The molecule has 0 amide bonds. The number of benzene rings is 1. The molecule has 0 aliphatic carbocycles. The van der Waals surface area contributed by atoms with Gasteiger partial charge < -0.3 is 0 Å². The number of aromatic nitrogens is 3. The molecular weight excluding hydrogens is 357 g/mol. The van der Waals surface area contributed by atoms with Gasteiger partial charge in [-0.3, -0.25) is 14.8 Å². The molecule has 0 radical (unpaired) electrons. The number of fused-ring (bicyclic) bond motifs is 1. The second-order valence-electron chi connectivity index (χ2n) is 6.53. The van der Waals surface area contributed by atoms with Gasteiger partial charge in [-0.2, -0.15) is 13.2 Å². The van der Waals surface area contributed by atoms with Crippen molar-refractivity contribution in [2.75, 3.05) is 6.54 Å². The molecular formula is C19H17F3N4O. The van der Waals surface area contributed by atoms with E-state index in [-0.39, 0.29) is 11.4 Å². The minimum absolute atomic E-state index is 0.0566. The molecule has 0 fully saturated rings. The molecule has 1 aromatic carbocycles. The monoisotopic (exact) mass is 374 g/mol. The molecule has 3 heterocycles. The zero-order chi connectivity index (χ0) is 19.0. The lowest BCUT2D eigenvalue weighted by Crippen LogP contribution is -2.32. The Morgan fingerprint density at radius 3 is 2.59 bits per heavy atom. The zero-order valence-corrected chi connectivity index (χ0v) is 14.3. The Morgan fingerprint density at radius 1 is 1.07 bits per heavy atom. The Balaban J connectivity index is 1.62. The van der Waals surface area contributed by atoms with E-state index < -0.39 is 11.9 Å². The Morgan fingerprint density at radius 2 is 1.85 bits per heavy atom. The van der Waals surface area contributed by atoms with E-state index in [1.54, 1.807) is 0 Å². The quantitative estimate of drug-likeness (QED) is 0.766. The molecule has 0 saturated carbocycles. The van der Waals surface area contributed by atoms with Gasteiger partial charge in [-0.25, -0.2) is 9.67 Å². The number of nitrogens with one attached hydrogen (secondary N) is 1. The average Bonchev–Trinajstić information content (AvgIpc) is 2.98. The van der Waals surface area contributed by atoms with Crippen LogP contribution in [0, 0.1) is 0 Å². The Kier molecular flexibility index (Phi) is 4.35. The highest BCUT2D eigenvalue weighted by Crippen LogP contribution is 2.28. The first-order chi connectivity index (χ1) is 12.9. The number of aromatic amines is 1. The van der Waals surface area contributed by atoms with Crippen LogP contribution in [0.5, 0.6) is 0 Å². The Hall–Kier alpha value is -2.87. The minimum atomic E-state index is -4.56. The summed E-state index contributed by atoms with van der Waals surface area (Å²) < 4.78 is 39.8. The summed E-state index contributed by atoms with van der Waals surface area (Å²) in [6.07, 6.45) is -3.93. The van der Waals surface area contributed by atoms with Crippen molar-refractivity contribution in [1.29, 1.82) is 0 Å². The van der Waals surface area contributed by atoms with Gasteiger partial charge in [0.15, 0.2) is 5.82 Å². The van der Waals surface area contributed by atoms with Gasteiger partial charge in [0.2, 0.25) is 0 Å². The first-order valence-corrected chi connectivity index (χ1v) is 8.55. The first kappa shape index (κ1) is 17.5. The molecule has 5 nitrogen and oxygen atoms in total. The van der Waals surface area contributed by atoms with Crippen LogP contribution in [0.1, 0.15) is 22.5 Å². The molecule has 140 valence electrons. The maximum absolute atomic E-state index is 12.9. The molecule has 8 heteroatoms. The molecule has 4 rings (SSSR count). The fraction of sp³-hybridized carbons (Fsp3) is 0.263. The third-order valence-corrected chi connectivity index (χ3v) is 4.63. The number of halogens is 3. The van der Waals surface area contributed by atoms with Crippen LogP contribution in [-0.2, 0) is 25.7 Å². The van der Waals surface area contributed by atoms with Crippen LogP contribution in [0.15, 0.2) is 53.3 Å². The van der Waals surface area contributed by atoms with Crippen LogP contribution in [0.2, 0.25) is 0 Å². The van der Waals surface area contributed by atoms with E-state index in [4.69, 9.17) is 0 Å². The topological polar surface area (TPSA) is 53.9 Å². The van der Waals surface area contributed by atoms with Crippen molar-refractivity contribution in [3.63, 3.8) is 0 Å². The molecule has 0 bridgehead atoms. The summed E-state index contributed by atoms with van der Waals surface area (Å²) in [6, 6.07) is 13.5.